The molecule has 3 N–H and O–H groups in total. The molecule has 2 rings (SSSR count). The van der Waals surface area contributed by atoms with Crippen LogP contribution in [0.15, 0.2) is 9.59 Å². The maximum absolute atomic E-state index is 12.7. The Kier molecular flexibility index (Phi) is 8.99. The van der Waals surface area contributed by atoms with Gasteiger partial charge < -0.3 is 20.3 Å². The van der Waals surface area contributed by atoms with Crippen LogP contribution in [0, 0.1) is 11.8 Å². The van der Waals surface area contributed by atoms with Crippen molar-refractivity contribution in [2.75, 3.05) is 56.4 Å². The van der Waals surface area contributed by atoms with Gasteiger partial charge in [0.1, 0.15) is 17.1 Å². The van der Waals surface area contributed by atoms with Crippen molar-refractivity contribution < 1.29 is 9.53 Å². The van der Waals surface area contributed by atoms with Gasteiger partial charge in [0.15, 0.2) is 0 Å². The largest absolute Gasteiger partial charge is 0.444 e. The van der Waals surface area contributed by atoms with Gasteiger partial charge in [0, 0.05) is 52.4 Å². The molecule has 0 saturated carbocycles. The molecule has 0 radical (unpaired) electrons. The molecule has 0 atom stereocenters. The Morgan fingerprint density at radius 2 is 1.70 bits per heavy atom. The van der Waals surface area contributed by atoms with Crippen molar-refractivity contribution >= 4 is 17.6 Å². The smallest absolute Gasteiger partial charge is 0.410 e. The molecule has 1 aromatic rings. The Morgan fingerprint density at radius 3 is 2.21 bits per heavy atom. The zero-order valence-corrected chi connectivity index (χ0v) is 21.3. The summed E-state index contributed by atoms with van der Waals surface area (Å²) in [5.41, 5.74) is 5.27. The van der Waals surface area contributed by atoms with Crippen molar-refractivity contribution in [3.8, 4) is 0 Å². The summed E-state index contributed by atoms with van der Waals surface area (Å²) in [5.74, 6) is 0.731. The maximum Gasteiger partial charge on any atom is 0.410 e. The van der Waals surface area contributed by atoms with Crippen LogP contribution in [0.1, 0.15) is 48.5 Å². The number of aromatic nitrogens is 2. The predicted molar refractivity (Wildman–Crippen MR) is 132 cm³/mol. The second-order valence-corrected chi connectivity index (χ2v) is 10.6. The molecule has 1 aromatic heterocycles. The molecule has 0 aliphatic carbocycles. The number of hydrogen-bond donors (Lipinski definition) is 2. The van der Waals surface area contributed by atoms with E-state index in [0.29, 0.717) is 44.3 Å². The van der Waals surface area contributed by atoms with Crippen LogP contribution in [0.3, 0.4) is 0 Å². The number of anilines is 2. The van der Waals surface area contributed by atoms with Gasteiger partial charge in [-0.3, -0.25) is 19.2 Å². The van der Waals surface area contributed by atoms with Crippen LogP contribution < -0.4 is 21.9 Å². The van der Waals surface area contributed by atoms with Crippen LogP contribution in [0.2, 0.25) is 0 Å². The standard InChI is InChI=1S/C23H42N6O4/c1-16(2)14-28(18-19(24)29(15-17(3)4)21(31)25-20(18)30)13-10-26-8-11-27(12-9-26)22(32)33-23(5,6)7/h16-17H,8-15,24H2,1-7H3,(H,25,30,31). The third kappa shape index (κ3) is 7.80. The molecule has 10 heteroatoms. The lowest BCUT2D eigenvalue weighted by atomic mass is 10.2. The number of rotatable bonds is 8. The topological polar surface area (TPSA) is 117 Å². The summed E-state index contributed by atoms with van der Waals surface area (Å²) in [5, 5.41) is 0. The zero-order valence-electron chi connectivity index (χ0n) is 21.3. The highest BCUT2D eigenvalue weighted by molar-refractivity contribution is 5.68. The molecule has 1 aliphatic heterocycles. The molecule has 0 spiro atoms. The highest BCUT2D eigenvalue weighted by Gasteiger charge is 2.27. The van der Waals surface area contributed by atoms with E-state index in [9.17, 15) is 14.4 Å². The van der Waals surface area contributed by atoms with Crippen molar-refractivity contribution in [3.63, 3.8) is 0 Å². The number of nitrogen functional groups attached to an aromatic ring is 1. The van der Waals surface area contributed by atoms with Gasteiger partial charge in [-0.1, -0.05) is 27.7 Å². The fourth-order valence-electron chi connectivity index (χ4n) is 3.91. The average molecular weight is 467 g/mol. The van der Waals surface area contributed by atoms with E-state index in [2.05, 4.69) is 23.7 Å². The van der Waals surface area contributed by atoms with Gasteiger partial charge in [-0.15, -0.1) is 0 Å². The van der Waals surface area contributed by atoms with Crippen molar-refractivity contribution in [2.45, 2.75) is 60.6 Å². The van der Waals surface area contributed by atoms with E-state index in [-0.39, 0.29) is 17.8 Å². The van der Waals surface area contributed by atoms with E-state index in [4.69, 9.17) is 10.5 Å². The van der Waals surface area contributed by atoms with Crippen molar-refractivity contribution in [1.82, 2.24) is 19.4 Å². The first-order chi connectivity index (χ1) is 15.3. The summed E-state index contributed by atoms with van der Waals surface area (Å²) in [6, 6.07) is 0. The lowest BCUT2D eigenvalue weighted by Gasteiger charge is -2.37. The fraction of sp³-hybridized carbons (Fsp3) is 0.783. The Hall–Kier alpha value is -2.49. The number of nitrogens with zero attached hydrogens (tertiary/aromatic N) is 4. The van der Waals surface area contributed by atoms with Gasteiger partial charge in [-0.05, 0) is 32.6 Å². The summed E-state index contributed by atoms with van der Waals surface area (Å²) in [6.45, 7) is 18.8. The second-order valence-electron chi connectivity index (χ2n) is 10.6. The third-order valence-corrected chi connectivity index (χ3v) is 5.37. The Morgan fingerprint density at radius 1 is 1.09 bits per heavy atom. The van der Waals surface area contributed by atoms with Crippen LogP contribution in [0.5, 0.6) is 0 Å². The summed E-state index contributed by atoms with van der Waals surface area (Å²) in [4.78, 5) is 45.8. The summed E-state index contributed by atoms with van der Waals surface area (Å²) in [6.07, 6.45) is -0.282. The number of H-pyrrole nitrogens is 1. The van der Waals surface area contributed by atoms with Gasteiger partial charge >= 0.3 is 11.8 Å². The van der Waals surface area contributed by atoms with Crippen LogP contribution in [-0.2, 0) is 11.3 Å². The molecular weight excluding hydrogens is 424 g/mol. The van der Waals surface area contributed by atoms with E-state index in [1.165, 1.54) is 4.57 Å². The minimum absolute atomic E-state index is 0.212. The van der Waals surface area contributed by atoms with Gasteiger partial charge in [-0.2, -0.15) is 0 Å². The molecule has 1 amide bonds. The lowest BCUT2D eigenvalue weighted by molar-refractivity contribution is 0.0147. The van der Waals surface area contributed by atoms with Crippen LogP contribution in [0.25, 0.3) is 0 Å². The van der Waals surface area contributed by atoms with Crippen molar-refractivity contribution in [1.29, 1.82) is 0 Å². The van der Waals surface area contributed by atoms with Gasteiger partial charge in [0.2, 0.25) is 0 Å². The first-order valence-electron chi connectivity index (χ1n) is 11.9. The molecule has 33 heavy (non-hydrogen) atoms. The van der Waals surface area contributed by atoms with E-state index < -0.39 is 16.9 Å². The number of piperazine rings is 1. The van der Waals surface area contributed by atoms with Crippen molar-refractivity contribution in [2.24, 2.45) is 11.8 Å². The molecule has 0 bridgehead atoms. The number of aromatic amines is 1. The maximum atomic E-state index is 12.7. The summed E-state index contributed by atoms with van der Waals surface area (Å²) < 4.78 is 6.92. The molecule has 0 aromatic carbocycles. The summed E-state index contributed by atoms with van der Waals surface area (Å²) in [7, 11) is 0. The predicted octanol–water partition coefficient (Wildman–Crippen LogP) is 1.79. The van der Waals surface area contributed by atoms with Gasteiger partial charge in [-0.25, -0.2) is 9.59 Å². The number of carbonyl (C=O) groups is 1. The molecular formula is C23H42N6O4. The Bertz CT molecular complexity index is 907. The first-order valence-corrected chi connectivity index (χ1v) is 11.9. The SMILES string of the molecule is CC(C)CN(CCN1CCN(C(=O)OC(C)(C)C)CC1)c1c(N)n(CC(C)C)c(=O)[nH]c1=O. The highest BCUT2D eigenvalue weighted by atomic mass is 16.6. The number of nitrogens with two attached hydrogens (primary N) is 1. The second kappa shape index (κ2) is 11.1. The third-order valence-electron chi connectivity index (χ3n) is 5.37. The molecule has 0 unspecified atom stereocenters. The number of amides is 1. The molecule has 1 saturated heterocycles. The average Bonchev–Trinajstić information content (AvgIpc) is 2.67. The van der Waals surface area contributed by atoms with E-state index >= 15 is 0 Å². The molecule has 10 nitrogen and oxygen atoms in total. The minimum Gasteiger partial charge on any atom is -0.444 e. The van der Waals surface area contributed by atoms with Crippen molar-refractivity contribution in [3.05, 3.63) is 20.8 Å². The van der Waals surface area contributed by atoms with Crippen LogP contribution in [-0.4, -0.2) is 76.9 Å². The molecule has 1 aliphatic rings. The normalized spacial score (nSPS) is 15.4. The number of carbonyl (C=O) groups excluding carboxylic acids is 1. The number of nitrogens with one attached hydrogen (secondary N) is 1. The molecule has 1 fully saturated rings. The zero-order chi connectivity index (χ0) is 24.9. The lowest BCUT2D eigenvalue weighted by Crippen LogP contribution is -2.51. The van der Waals surface area contributed by atoms with Gasteiger partial charge in [0.25, 0.3) is 5.56 Å². The Labute approximate surface area is 196 Å². The summed E-state index contributed by atoms with van der Waals surface area (Å²) >= 11 is 0. The van der Waals surface area contributed by atoms with E-state index in [1.807, 2.05) is 39.5 Å². The van der Waals surface area contributed by atoms with Gasteiger partial charge in [0.05, 0.1) is 0 Å². The molecule has 188 valence electrons. The number of ether oxygens (including phenoxy) is 1. The van der Waals surface area contributed by atoms with E-state index in [1.54, 1.807) is 4.90 Å². The minimum atomic E-state index is -0.509. The quantitative estimate of drug-likeness (QED) is 0.600. The van der Waals surface area contributed by atoms with Crippen LogP contribution >= 0.6 is 0 Å². The molecule has 2 heterocycles. The highest BCUT2D eigenvalue weighted by Crippen LogP contribution is 2.19. The number of hydrogen-bond acceptors (Lipinski definition) is 7. The Balaban J connectivity index is 2.11. The first kappa shape index (κ1) is 26.8. The monoisotopic (exact) mass is 466 g/mol. The fourth-order valence-corrected chi connectivity index (χ4v) is 3.91. The van der Waals surface area contributed by atoms with E-state index in [0.717, 1.165) is 19.6 Å². The van der Waals surface area contributed by atoms with Crippen LogP contribution in [0.4, 0.5) is 16.3 Å².